The van der Waals surface area contributed by atoms with Crippen LogP contribution in [-0.2, 0) is 6.54 Å². The molecule has 0 saturated carbocycles. The van der Waals surface area contributed by atoms with Crippen molar-refractivity contribution in [3.8, 4) is 11.3 Å². The van der Waals surface area contributed by atoms with Crippen molar-refractivity contribution in [1.82, 2.24) is 9.55 Å². The lowest BCUT2D eigenvalue weighted by atomic mass is 10.1. The average Bonchev–Trinajstić information content (AvgIpc) is 2.52. The van der Waals surface area contributed by atoms with Crippen LogP contribution < -0.4 is 5.56 Å². The van der Waals surface area contributed by atoms with E-state index in [0.29, 0.717) is 11.6 Å². The molecule has 0 unspecified atom stereocenters. The van der Waals surface area contributed by atoms with Gasteiger partial charge in [0.25, 0.3) is 5.56 Å². The van der Waals surface area contributed by atoms with Gasteiger partial charge in [0.15, 0.2) is 0 Å². The molecule has 0 aliphatic carbocycles. The largest absolute Gasteiger partial charge is 0.310 e. The Morgan fingerprint density at radius 1 is 1.05 bits per heavy atom. The summed E-state index contributed by atoms with van der Waals surface area (Å²) in [4.78, 5) is 16.4. The second kappa shape index (κ2) is 6.16. The first kappa shape index (κ1) is 14.5. The van der Waals surface area contributed by atoms with Crippen LogP contribution in [0.2, 0.25) is 5.02 Å². The third kappa shape index (κ3) is 3.26. The summed E-state index contributed by atoms with van der Waals surface area (Å²) < 4.78 is 1.68. The van der Waals surface area contributed by atoms with Crippen LogP contribution in [0.25, 0.3) is 11.3 Å². The van der Waals surface area contributed by atoms with Gasteiger partial charge in [-0.1, -0.05) is 29.8 Å². The minimum atomic E-state index is -0.0363. The van der Waals surface area contributed by atoms with E-state index in [0.717, 1.165) is 22.4 Å². The molecule has 0 amide bonds. The smallest absolute Gasteiger partial charge is 0.250 e. The summed E-state index contributed by atoms with van der Waals surface area (Å²) in [5, 5.41) is 0.689. The van der Waals surface area contributed by atoms with Crippen molar-refractivity contribution in [2.24, 2.45) is 0 Å². The fraction of sp³-hybridized carbons (Fsp3) is 0.111. The number of benzene rings is 1. The Labute approximate surface area is 133 Å². The molecule has 2 aromatic heterocycles. The molecule has 22 heavy (non-hydrogen) atoms. The molecular weight excluding hydrogens is 296 g/mol. The maximum Gasteiger partial charge on any atom is 0.250 e. The first-order valence-electron chi connectivity index (χ1n) is 7.00. The van der Waals surface area contributed by atoms with Crippen molar-refractivity contribution in [2.45, 2.75) is 13.5 Å². The van der Waals surface area contributed by atoms with Crippen LogP contribution in [0.1, 0.15) is 11.1 Å². The van der Waals surface area contributed by atoms with Gasteiger partial charge in [0.2, 0.25) is 0 Å². The van der Waals surface area contributed by atoms with Gasteiger partial charge in [-0.15, -0.1) is 0 Å². The molecule has 0 atom stereocenters. The molecule has 110 valence electrons. The molecule has 0 aliphatic heterocycles. The topological polar surface area (TPSA) is 34.9 Å². The molecule has 4 heteroatoms. The van der Waals surface area contributed by atoms with Crippen LogP contribution in [0.3, 0.4) is 0 Å². The molecule has 3 aromatic rings. The highest BCUT2D eigenvalue weighted by molar-refractivity contribution is 6.30. The predicted octanol–water partition coefficient (Wildman–Crippen LogP) is 3.92. The zero-order chi connectivity index (χ0) is 15.5. The Balaban J connectivity index is 1.94. The van der Waals surface area contributed by atoms with Crippen LogP contribution in [0, 0.1) is 6.92 Å². The molecule has 3 nitrogen and oxygen atoms in total. The van der Waals surface area contributed by atoms with Gasteiger partial charge in [-0.25, -0.2) is 0 Å². The Kier molecular flexibility index (Phi) is 4.07. The zero-order valence-electron chi connectivity index (χ0n) is 12.2. The molecule has 0 N–H and O–H groups in total. The van der Waals surface area contributed by atoms with Crippen molar-refractivity contribution in [1.29, 1.82) is 0 Å². The number of hydrogen-bond acceptors (Lipinski definition) is 2. The van der Waals surface area contributed by atoms with E-state index in [1.54, 1.807) is 16.7 Å². The molecule has 0 fully saturated rings. The summed E-state index contributed by atoms with van der Waals surface area (Å²) in [5.41, 5.74) is 3.88. The molecule has 0 radical (unpaired) electrons. The average molecular weight is 311 g/mol. The number of pyridine rings is 2. The molecule has 0 aliphatic rings. The van der Waals surface area contributed by atoms with Crippen molar-refractivity contribution in [3.05, 3.63) is 87.4 Å². The number of hydrogen-bond donors (Lipinski definition) is 0. The van der Waals surface area contributed by atoms with Crippen LogP contribution >= 0.6 is 11.6 Å². The van der Waals surface area contributed by atoms with E-state index in [1.807, 2.05) is 55.7 Å². The highest BCUT2D eigenvalue weighted by Crippen LogP contribution is 2.16. The van der Waals surface area contributed by atoms with Gasteiger partial charge in [-0.3, -0.25) is 9.78 Å². The third-order valence-corrected chi connectivity index (χ3v) is 3.71. The lowest BCUT2D eigenvalue weighted by molar-refractivity contribution is 0.760. The SMILES string of the molecule is Cc1ccc(-c2ccc(=O)n(Cc3ccc(Cl)cc3)c2)nc1. The monoisotopic (exact) mass is 310 g/mol. The Morgan fingerprint density at radius 2 is 1.82 bits per heavy atom. The summed E-state index contributed by atoms with van der Waals surface area (Å²) in [5.74, 6) is 0. The molecular formula is C18H15ClN2O. The van der Waals surface area contributed by atoms with Crippen LogP contribution in [0.4, 0.5) is 0 Å². The van der Waals surface area contributed by atoms with E-state index in [4.69, 9.17) is 11.6 Å². The van der Waals surface area contributed by atoms with Gasteiger partial charge in [0.05, 0.1) is 12.2 Å². The van der Waals surface area contributed by atoms with Gasteiger partial charge in [-0.2, -0.15) is 0 Å². The summed E-state index contributed by atoms with van der Waals surface area (Å²) >= 11 is 5.89. The predicted molar refractivity (Wildman–Crippen MR) is 89.2 cm³/mol. The van der Waals surface area contributed by atoms with Crippen LogP contribution in [0.5, 0.6) is 0 Å². The van der Waals surface area contributed by atoms with Gasteiger partial charge in [-0.05, 0) is 42.3 Å². The van der Waals surface area contributed by atoms with Crippen LogP contribution in [-0.4, -0.2) is 9.55 Å². The van der Waals surface area contributed by atoms with E-state index in [9.17, 15) is 4.79 Å². The summed E-state index contributed by atoms with van der Waals surface area (Å²) in [6.07, 6.45) is 3.67. The van der Waals surface area contributed by atoms with Crippen molar-refractivity contribution < 1.29 is 0 Å². The molecule has 0 bridgehead atoms. The van der Waals surface area contributed by atoms with E-state index in [1.165, 1.54) is 0 Å². The van der Waals surface area contributed by atoms with Crippen LogP contribution in [0.15, 0.2) is 65.7 Å². The zero-order valence-corrected chi connectivity index (χ0v) is 12.9. The molecule has 0 saturated heterocycles. The fourth-order valence-corrected chi connectivity index (χ4v) is 2.36. The lowest BCUT2D eigenvalue weighted by Gasteiger charge is -2.08. The second-order valence-corrected chi connectivity index (χ2v) is 5.67. The summed E-state index contributed by atoms with van der Waals surface area (Å²) in [6.45, 7) is 2.51. The maximum atomic E-state index is 12.0. The fourth-order valence-electron chi connectivity index (χ4n) is 2.23. The number of halogens is 1. The van der Waals surface area contributed by atoms with E-state index in [-0.39, 0.29) is 5.56 Å². The highest BCUT2D eigenvalue weighted by Gasteiger charge is 2.04. The third-order valence-electron chi connectivity index (χ3n) is 3.46. The molecule has 0 spiro atoms. The van der Waals surface area contributed by atoms with Gasteiger partial charge in [0, 0.05) is 29.0 Å². The first-order valence-corrected chi connectivity index (χ1v) is 7.37. The highest BCUT2D eigenvalue weighted by atomic mass is 35.5. The standard InChI is InChI=1S/C18H15ClN2O/c1-13-2-8-17(20-10-13)15-5-9-18(22)21(12-15)11-14-3-6-16(19)7-4-14/h2-10,12H,11H2,1H3. The first-order chi connectivity index (χ1) is 10.6. The molecule has 3 rings (SSSR count). The normalized spacial score (nSPS) is 10.6. The molecule has 1 aromatic carbocycles. The molecule has 2 heterocycles. The summed E-state index contributed by atoms with van der Waals surface area (Å²) in [6, 6.07) is 14.8. The number of aromatic nitrogens is 2. The van der Waals surface area contributed by atoms with E-state index < -0.39 is 0 Å². The van der Waals surface area contributed by atoms with E-state index in [2.05, 4.69) is 4.98 Å². The van der Waals surface area contributed by atoms with Gasteiger partial charge >= 0.3 is 0 Å². The number of nitrogens with zero attached hydrogens (tertiary/aromatic N) is 2. The van der Waals surface area contributed by atoms with Crippen molar-refractivity contribution >= 4 is 11.6 Å². The Hall–Kier alpha value is -2.39. The minimum absolute atomic E-state index is 0.0363. The van der Waals surface area contributed by atoms with Crippen molar-refractivity contribution in [2.75, 3.05) is 0 Å². The van der Waals surface area contributed by atoms with E-state index >= 15 is 0 Å². The Bertz CT molecular complexity index is 836. The van der Waals surface area contributed by atoms with Gasteiger partial charge < -0.3 is 4.57 Å². The van der Waals surface area contributed by atoms with Gasteiger partial charge in [0.1, 0.15) is 0 Å². The minimum Gasteiger partial charge on any atom is -0.310 e. The quantitative estimate of drug-likeness (QED) is 0.735. The maximum absolute atomic E-state index is 12.0. The lowest BCUT2D eigenvalue weighted by Crippen LogP contribution is -2.19. The number of rotatable bonds is 3. The van der Waals surface area contributed by atoms with Crippen molar-refractivity contribution in [3.63, 3.8) is 0 Å². The second-order valence-electron chi connectivity index (χ2n) is 5.23. The summed E-state index contributed by atoms with van der Waals surface area (Å²) in [7, 11) is 0. The Morgan fingerprint density at radius 3 is 2.50 bits per heavy atom. The number of aryl methyl sites for hydroxylation is 1.